The van der Waals surface area contributed by atoms with Crippen molar-refractivity contribution in [3.63, 3.8) is 0 Å². The molecule has 0 spiro atoms. The molecule has 10 heteroatoms. The van der Waals surface area contributed by atoms with Gasteiger partial charge in [0.2, 0.25) is 10.0 Å². The van der Waals surface area contributed by atoms with Crippen LogP contribution in [0.2, 0.25) is 0 Å². The molecule has 1 aromatic heterocycles. The van der Waals surface area contributed by atoms with E-state index in [1.165, 1.54) is 10.4 Å². The number of nitriles is 1. The van der Waals surface area contributed by atoms with Crippen molar-refractivity contribution in [3.05, 3.63) is 58.3 Å². The van der Waals surface area contributed by atoms with Gasteiger partial charge >= 0.3 is 0 Å². The third-order valence-corrected chi connectivity index (χ3v) is 9.85. The lowest BCUT2D eigenvalue weighted by atomic mass is 9.71. The van der Waals surface area contributed by atoms with Crippen LogP contribution < -0.4 is 4.74 Å². The van der Waals surface area contributed by atoms with Gasteiger partial charge in [-0.1, -0.05) is 33.8 Å². The zero-order valence-corrected chi connectivity index (χ0v) is 23.7. The molecule has 5 rings (SSSR count). The molecule has 3 aromatic rings. The number of H-pyrrole nitrogens is 1. The lowest BCUT2D eigenvalue weighted by molar-refractivity contribution is 0.0729. The molecule has 2 heterocycles. The van der Waals surface area contributed by atoms with Crippen molar-refractivity contribution >= 4 is 26.7 Å². The number of likely N-dealkylation sites (N-methyl/N-ethyl adjacent to an activating group) is 1. The first-order valence-corrected chi connectivity index (χ1v) is 14.8. The third-order valence-electron chi connectivity index (χ3n) is 7.93. The number of fused-ring (bicyclic) bond motifs is 4. The van der Waals surface area contributed by atoms with Crippen LogP contribution in [0.15, 0.2) is 35.2 Å². The number of benzene rings is 2. The first-order valence-electron chi connectivity index (χ1n) is 13.4. The van der Waals surface area contributed by atoms with Gasteiger partial charge in [0.05, 0.1) is 30.4 Å². The Hall–Kier alpha value is -3.23. The number of ketones is 1. The molecule has 39 heavy (non-hydrogen) atoms. The number of nitrogens with zero attached hydrogens (tertiary/aromatic N) is 3. The number of ether oxygens (including phenoxy) is 2. The molecule has 1 fully saturated rings. The summed E-state index contributed by atoms with van der Waals surface area (Å²) in [4.78, 5) is 19.6. The van der Waals surface area contributed by atoms with Crippen molar-refractivity contribution in [1.82, 2.24) is 14.2 Å². The largest absolute Gasteiger partial charge is 0.491 e. The Morgan fingerprint density at radius 1 is 1.15 bits per heavy atom. The number of nitrogens with one attached hydrogen (secondary N) is 1. The quantitative estimate of drug-likeness (QED) is 0.455. The number of carbonyl (C=O) groups is 1. The summed E-state index contributed by atoms with van der Waals surface area (Å²) in [6, 6.07) is 10.6. The maximum Gasteiger partial charge on any atom is 0.246 e. The molecule has 0 radical (unpaired) electrons. The van der Waals surface area contributed by atoms with Crippen LogP contribution in [0, 0.1) is 11.3 Å². The SMILES string of the molecule is CCN(CC)CCOc1cc2c(cc1S(=O)(=O)N1CCOCC1)C(=O)c1c([nH]c3cc(C#N)ccc13)C2(C)C. The number of rotatable bonds is 8. The number of hydrogen-bond acceptors (Lipinski definition) is 7. The van der Waals surface area contributed by atoms with Crippen LogP contribution in [-0.4, -0.2) is 80.9 Å². The maximum absolute atomic E-state index is 14.0. The normalized spacial score (nSPS) is 17.2. The van der Waals surface area contributed by atoms with Gasteiger partial charge in [0.15, 0.2) is 5.78 Å². The highest BCUT2D eigenvalue weighted by atomic mass is 32.2. The van der Waals surface area contributed by atoms with E-state index in [9.17, 15) is 18.5 Å². The molecule has 1 aliphatic carbocycles. The van der Waals surface area contributed by atoms with Gasteiger partial charge in [-0.05, 0) is 42.9 Å². The van der Waals surface area contributed by atoms with Crippen LogP contribution >= 0.6 is 0 Å². The van der Waals surface area contributed by atoms with Gasteiger partial charge in [0.1, 0.15) is 17.3 Å². The highest BCUT2D eigenvalue weighted by molar-refractivity contribution is 7.89. The van der Waals surface area contributed by atoms with Gasteiger partial charge < -0.3 is 19.4 Å². The van der Waals surface area contributed by atoms with E-state index >= 15 is 0 Å². The van der Waals surface area contributed by atoms with Crippen molar-refractivity contribution in [2.45, 2.75) is 38.0 Å². The van der Waals surface area contributed by atoms with E-state index in [1.54, 1.807) is 24.3 Å². The van der Waals surface area contributed by atoms with E-state index in [0.717, 1.165) is 18.8 Å². The Bertz CT molecular complexity index is 1580. The molecule has 2 aliphatic rings. The minimum atomic E-state index is -3.95. The summed E-state index contributed by atoms with van der Waals surface area (Å²) in [7, 11) is -3.95. The van der Waals surface area contributed by atoms with Gasteiger partial charge in [-0.3, -0.25) is 4.79 Å². The monoisotopic (exact) mass is 550 g/mol. The maximum atomic E-state index is 14.0. The number of morpholine rings is 1. The average molecular weight is 551 g/mol. The van der Waals surface area contributed by atoms with Crippen LogP contribution in [0.3, 0.4) is 0 Å². The number of sulfonamides is 1. The zero-order valence-electron chi connectivity index (χ0n) is 22.8. The summed E-state index contributed by atoms with van der Waals surface area (Å²) >= 11 is 0. The van der Waals surface area contributed by atoms with E-state index in [-0.39, 0.29) is 29.5 Å². The summed E-state index contributed by atoms with van der Waals surface area (Å²) in [6.07, 6.45) is 0. The number of aromatic amines is 1. The summed E-state index contributed by atoms with van der Waals surface area (Å²) in [6.45, 7) is 12.0. The molecular formula is C29H34N4O5S. The summed E-state index contributed by atoms with van der Waals surface area (Å²) in [5, 5.41) is 10.1. The van der Waals surface area contributed by atoms with Crippen molar-refractivity contribution in [1.29, 1.82) is 5.26 Å². The van der Waals surface area contributed by atoms with E-state index in [1.807, 2.05) is 13.8 Å². The molecular weight excluding hydrogens is 516 g/mol. The van der Waals surface area contributed by atoms with Crippen LogP contribution in [0.4, 0.5) is 0 Å². The fourth-order valence-corrected chi connectivity index (χ4v) is 7.12. The third kappa shape index (κ3) is 4.63. The molecule has 0 amide bonds. The topological polar surface area (TPSA) is 116 Å². The van der Waals surface area contributed by atoms with E-state index in [4.69, 9.17) is 9.47 Å². The van der Waals surface area contributed by atoms with Gasteiger partial charge in [0, 0.05) is 47.2 Å². The number of aromatic nitrogens is 1. The number of hydrogen-bond donors (Lipinski definition) is 1. The molecule has 0 atom stereocenters. The predicted molar refractivity (Wildman–Crippen MR) is 148 cm³/mol. The van der Waals surface area contributed by atoms with Crippen LogP contribution in [0.1, 0.15) is 60.4 Å². The minimum absolute atomic E-state index is 0.00176. The standard InChI is InChI=1S/C29H34N4O5S/c1-5-32(6-2)9-14-38-24-17-22-21(16-25(24)39(35,36)33-10-12-37-13-11-33)27(34)26-20-8-7-19(18-30)15-23(20)31-28(26)29(22,3)4/h7-8,15-17,31H,5-6,9-14H2,1-4H3. The van der Waals surface area contributed by atoms with Crippen LogP contribution in [0.5, 0.6) is 5.75 Å². The Kier molecular flexibility index (Phi) is 7.29. The van der Waals surface area contributed by atoms with Crippen molar-refractivity contribution in [2.24, 2.45) is 0 Å². The Morgan fingerprint density at radius 2 is 1.87 bits per heavy atom. The molecule has 2 aromatic carbocycles. The zero-order chi connectivity index (χ0) is 27.9. The molecule has 1 aliphatic heterocycles. The highest BCUT2D eigenvalue weighted by Gasteiger charge is 2.42. The molecule has 0 bridgehead atoms. The first kappa shape index (κ1) is 27.3. The second kappa shape index (κ2) is 10.4. The van der Waals surface area contributed by atoms with Gasteiger partial charge in [-0.25, -0.2) is 8.42 Å². The molecule has 9 nitrogen and oxygen atoms in total. The van der Waals surface area contributed by atoms with Crippen LogP contribution in [-0.2, 0) is 20.2 Å². The van der Waals surface area contributed by atoms with Crippen molar-refractivity contribution < 1.29 is 22.7 Å². The minimum Gasteiger partial charge on any atom is -0.491 e. The van der Waals surface area contributed by atoms with Gasteiger partial charge in [0.25, 0.3) is 0 Å². The lowest BCUT2D eigenvalue weighted by Gasteiger charge is -2.34. The fourth-order valence-electron chi connectivity index (χ4n) is 5.57. The molecule has 0 unspecified atom stereocenters. The summed E-state index contributed by atoms with van der Waals surface area (Å²) in [5.41, 5.74) is 2.84. The fraction of sp³-hybridized carbons (Fsp3) is 0.448. The predicted octanol–water partition coefficient (Wildman–Crippen LogP) is 3.65. The second-order valence-corrected chi connectivity index (χ2v) is 12.3. The summed E-state index contributed by atoms with van der Waals surface area (Å²) < 4.78 is 40.7. The first-order chi connectivity index (χ1) is 18.6. The van der Waals surface area contributed by atoms with Crippen LogP contribution in [0.25, 0.3) is 10.9 Å². The molecule has 0 saturated carbocycles. The second-order valence-electron chi connectivity index (χ2n) is 10.4. The van der Waals surface area contributed by atoms with E-state index in [2.05, 4.69) is 29.8 Å². The highest BCUT2D eigenvalue weighted by Crippen LogP contribution is 2.46. The summed E-state index contributed by atoms with van der Waals surface area (Å²) in [5.74, 6) is 0.00278. The van der Waals surface area contributed by atoms with E-state index in [0.29, 0.717) is 59.5 Å². The lowest BCUT2D eigenvalue weighted by Crippen LogP contribution is -2.41. The average Bonchev–Trinajstić information content (AvgIpc) is 3.34. The molecule has 1 saturated heterocycles. The van der Waals surface area contributed by atoms with E-state index < -0.39 is 15.4 Å². The Balaban J connectivity index is 1.66. The smallest absolute Gasteiger partial charge is 0.246 e. The Labute approximate surface area is 229 Å². The molecule has 206 valence electrons. The molecule has 1 N–H and O–H groups in total. The number of carbonyl (C=O) groups excluding carboxylic acids is 1. The van der Waals surface area contributed by atoms with Gasteiger partial charge in [-0.2, -0.15) is 9.57 Å². The van der Waals surface area contributed by atoms with Crippen molar-refractivity contribution in [2.75, 3.05) is 52.5 Å². The Morgan fingerprint density at radius 3 is 2.54 bits per heavy atom. The van der Waals surface area contributed by atoms with Gasteiger partial charge in [-0.15, -0.1) is 0 Å². The van der Waals surface area contributed by atoms with Crippen molar-refractivity contribution in [3.8, 4) is 11.8 Å².